The summed E-state index contributed by atoms with van der Waals surface area (Å²) in [7, 11) is 0. The van der Waals surface area contributed by atoms with E-state index < -0.39 is 0 Å². The number of rotatable bonds is 4. The third-order valence-electron chi connectivity index (χ3n) is 4.46. The van der Waals surface area contributed by atoms with Gasteiger partial charge in [0.25, 0.3) is 0 Å². The average molecular weight is 253 g/mol. The summed E-state index contributed by atoms with van der Waals surface area (Å²) in [4.78, 5) is 14.1. The van der Waals surface area contributed by atoms with E-state index in [4.69, 9.17) is 9.47 Å². The van der Waals surface area contributed by atoms with Crippen LogP contribution < -0.4 is 0 Å². The van der Waals surface area contributed by atoms with Gasteiger partial charge in [-0.3, -0.25) is 4.79 Å². The zero-order valence-corrected chi connectivity index (χ0v) is 11.0. The summed E-state index contributed by atoms with van der Waals surface area (Å²) in [5.41, 5.74) is 0. The van der Waals surface area contributed by atoms with Crippen molar-refractivity contribution in [1.29, 1.82) is 0 Å². The molecule has 1 atom stereocenters. The lowest BCUT2D eigenvalue weighted by atomic mass is 10.0. The van der Waals surface area contributed by atoms with Gasteiger partial charge in [-0.1, -0.05) is 12.8 Å². The highest BCUT2D eigenvalue weighted by molar-refractivity contribution is 5.79. The normalized spacial score (nSPS) is 29.8. The maximum Gasteiger partial charge on any atom is 0.225 e. The summed E-state index contributed by atoms with van der Waals surface area (Å²) in [5, 5.41) is 0. The first-order valence-electron chi connectivity index (χ1n) is 7.31. The van der Waals surface area contributed by atoms with Crippen molar-refractivity contribution in [2.45, 2.75) is 38.2 Å². The molecule has 1 amide bonds. The smallest absolute Gasteiger partial charge is 0.225 e. The number of carbonyl (C=O) groups excluding carboxylic acids is 1. The molecule has 1 unspecified atom stereocenters. The van der Waals surface area contributed by atoms with Crippen molar-refractivity contribution in [2.75, 3.05) is 32.9 Å². The topological polar surface area (TPSA) is 38.8 Å². The van der Waals surface area contributed by atoms with Crippen LogP contribution in [0, 0.1) is 11.8 Å². The van der Waals surface area contributed by atoms with Gasteiger partial charge < -0.3 is 14.4 Å². The Labute approximate surface area is 109 Å². The van der Waals surface area contributed by atoms with Crippen molar-refractivity contribution < 1.29 is 14.3 Å². The van der Waals surface area contributed by atoms with Crippen molar-refractivity contribution in [3.8, 4) is 0 Å². The minimum absolute atomic E-state index is 0.274. The van der Waals surface area contributed by atoms with Crippen molar-refractivity contribution in [1.82, 2.24) is 4.90 Å². The lowest BCUT2D eigenvalue weighted by Gasteiger charge is -2.40. The lowest BCUT2D eigenvalue weighted by molar-refractivity contribution is -0.150. The van der Waals surface area contributed by atoms with E-state index in [-0.39, 0.29) is 6.10 Å². The Morgan fingerprint density at radius 2 is 2.00 bits per heavy atom. The number of amides is 1. The van der Waals surface area contributed by atoms with Crippen LogP contribution in [-0.2, 0) is 14.3 Å². The molecule has 3 aliphatic rings. The van der Waals surface area contributed by atoms with Crippen LogP contribution in [0.2, 0.25) is 0 Å². The highest BCUT2D eigenvalue weighted by atomic mass is 16.5. The number of likely N-dealkylation sites (tertiary alicyclic amines) is 1. The molecule has 4 heteroatoms. The van der Waals surface area contributed by atoms with Crippen LogP contribution in [0.1, 0.15) is 32.1 Å². The Hall–Kier alpha value is -0.610. The van der Waals surface area contributed by atoms with E-state index in [1.54, 1.807) is 0 Å². The van der Waals surface area contributed by atoms with Gasteiger partial charge in [-0.15, -0.1) is 0 Å². The summed E-state index contributed by atoms with van der Waals surface area (Å²) in [6.45, 7) is 4.14. The highest BCUT2D eigenvalue weighted by Crippen LogP contribution is 2.28. The SMILES string of the molecule is O=C(C1CCCC1)N1CC(OCC2CCOC2)C1. The van der Waals surface area contributed by atoms with Crippen molar-refractivity contribution >= 4 is 5.91 Å². The van der Waals surface area contributed by atoms with Gasteiger partial charge in [-0.05, 0) is 19.3 Å². The fourth-order valence-corrected chi connectivity index (χ4v) is 3.14. The zero-order chi connectivity index (χ0) is 12.4. The summed E-state index contributed by atoms with van der Waals surface area (Å²) in [5.74, 6) is 1.26. The molecule has 0 aromatic carbocycles. The number of hydrogen-bond acceptors (Lipinski definition) is 3. The standard InChI is InChI=1S/C14H23NO3/c16-14(12-3-1-2-4-12)15-7-13(8-15)18-10-11-5-6-17-9-11/h11-13H,1-10H2. The van der Waals surface area contributed by atoms with Crippen LogP contribution in [0.3, 0.4) is 0 Å². The minimum atomic E-state index is 0.274. The molecule has 0 spiro atoms. The van der Waals surface area contributed by atoms with Crippen LogP contribution in [0.4, 0.5) is 0 Å². The number of nitrogens with zero attached hydrogens (tertiary/aromatic N) is 1. The van der Waals surface area contributed by atoms with Crippen LogP contribution in [0.5, 0.6) is 0 Å². The quantitative estimate of drug-likeness (QED) is 0.761. The first-order valence-corrected chi connectivity index (χ1v) is 7.31. The van der Waals surface area contributed by atoms with E-state index in [1.165, 1.54) is 12.8 Å². The molecule has 0 bridgehead atoms. The largest absolute Gasteiger partial charge is 0.381 e. The van der Waals surface area contributed by atoms with Crippen LogP contribution in [0.25, 0.3) is 0 Å². The first-order chi connectivity index (χ1) is 8.83. The Kier molecular flexibility index (Phi) is 3.85. The van der Waals surface area contributed by atoms with E-state index in [2.05, 4.69) is 0 Å². The fraction of sp³-hybridized carbons (Fsp3) is 0.929. The Morgan fingerprint density at radius 3 is 2.67 bits per heavy atom. The van der Waals surface area contributed by atoms with Gasteiger partial charge in [0.2, 0.25) is 5.91 Å². The first kappa shape index (κ1) is 12.4. The summed E-state index contributed by atoms with van der Waals surface area (Å²) in [6, 6.07) is 0. The summed E-state index contributed by atoms with van der Waals surface area (Å²) in [6.07, 6.45) is 6.05. The zero-order valence-electron chi connectivity index (χ0n) is 11.0. The summed E-state index contributed by atoms with van der Waals surface area (Å²) < 4.78 is 11.2. The molecule has 2 saturated heterocycles. The molecule has 3 rings (SSSR count). The van der Waals surface area contributed by atoms with E-state index in [0.717, 1.165) is 52.2 Å². The molecule has 2 aliphatic heterocycles. The molecule has 0 aromatic heterocycles. The molecule has 3 fully saturated rings. The molecule has 0 radical (unpaired) electrons. The van der Waals surface area contributed by atoms with Gasteiger partial charge in [0.15, 0.2) is 0 Å². The number of hydrogen-bond donors (Lipinski definition) is 0. The second kappa shape index (κ2) is 5.57. The fourth-order valence-electron chi connectivity index (χ4n) is 3.14. The van der Waals surface area contributed by atoms with Crippen LogP contribution in [-0.4, -0.2) is 49.8 Å². The van der Waals surface area contributed by atoms with E-state index in [9.17, 15) is 4.79 Å². The molecule has 102 valence electrons. The van der Waals surface area contributed by atoms with E-state index >= 15 is 0 Å². The third kappa shape index (κ3) is 2.69. The van der Waals surface area contributed by atoms with Gasteiger partial charge in [0, 0.05) is 31.5 Å². The third-order valence-corrected chi connectivity index (χ3v) is 4.46. The van der Waals surface area contributed by atoms with Gasteiger partial charge in [0.05, 0.1) is 19.3 Å². The molecule has 2 heterocycles. The Bertz CT molecular complexity index is 289. The number of carbonyl (C=O) groups is 1. The molecular formula is C14H23NO3. The molecule has 18 heavy (non-hydrogen) atoms. The van der Waals surface area contributed by atoms with Crippen molar-refractivity contribution in [3.05, 3.63) is 0 Å². The lowest BCUT2D eigenvalue weighted by Crippen LogP contribution is -2.56. The Morgan fingerprint density at radius 1 is 1.22 bits per heavy atom. The molecule has 1 aliphatic carbocycles. The van der Waals surface area contributed by atoms with Crippen LogP contribution >= 0.6 is 0 Å². The highest BCUT2D eigenvalue weighted by Gasteiger charge is 2.36. The van der Waals surface area contributed by atoms with Crippen LogP contribution in [0.15, 0.2) is 0 Å². The molecule has 4 nitrogen and oxygen atoms in total. The minimum Gasteiger partial charge on any atom is -0.381 e. The second-order valence-electron chi connectivity index (χ2n) is 5.91. The summed E-state index contributed by atoms with van der Waals surface area (Å²) >= 11 is 0. The predicted molar refractivity (Wildman–Crippen MR) is 67.2 cm³/mol. The maximum atomic E-state index is 12.1. The molecule has 1 saturated carbocycles. The van der Waals surface area contributed by atoms with Gasteiger partial charge in [0.1, 0.15) is 0 Å². The van der Waals surface area contributed by atoms with Gasteiger partial charge >= 0.3 is 0 Å². The Balaban J connectivity index is 1.33. The second-order valence-corrected chi connectivity index (χ2v) is 5.91. The average Bonchev–Trinajstić information content (AvgIpc) is 2.99. The molecule has 0 aromatic rings. The molecule has 0 N–H and O–H groups in total. The number of ether oxygens (including phenoxy) is 2. The van der Waals surface area contributed by atoms with E-state index in [1.807, 2.05) is 4.90 Å². The monoisotopic (exact) mass is 253 g/mol. The van der Waals surface area contributed by atoms with Crippen molar-refractivity contribution in [2.24, 2.45) is 11.8 Å². The van der Waals surface area contributed by atoms with Crippen molar-refractivity contribution in [3.63, 3.8) is 0 Å². The maximum absolute atomic E-state index is 12.1. The molecular weight excluding hydrogens is 230 g/mol. The predicted octanol–water partition coefficient (Wildman–Crippen LogP) is 1.44. The van der Waals surface area contributed by atoms with E-state index in [0.29, 0.717) is 17.7 Å². The van der Waals surface area contributed by atoms with Gasteiger partial charge in [-0.25, -0.2) is 0 Å². The van der Waals surface area contributed by atoms with Gasteiger partial charge in [-0.2, -0.15) is 0 Å².